The third-order valence-electron chi connectivity index (χ3n) is 3.86. The number of anilines is 2. The Bertz CT molecular complexity index is 755. The number of benzene rings is 2. The Hall–Kier alpha value is -2.53. The van der Waals surface area contributed by atoms with Crippen molar-refractivity contribution in [1.82, 2.24) is 0 Å². The fraction of sp³-hybridized carbons (Fsp3) is 0.263. The normalized spacial score (nSPS) is 14.5. The van der Waals surface area contributed by atoms with E-state index in [1.807, 2.05) is 0 Å². The van der Waals surface area contributed by atoms with Crippen molar-refractivity contribution in [3.8, 4) is 5.75 Å². The van der Waals surface area contributed by atoms with Gasteiger partial charge in [-0.25, -0.2) is 0 Å². The third-order valence-corrected chi connectivity index (χ3v) is 4.12. The molecule has 0 bridgehead atoms. The highest BCUT2D eigenvalue weighted by Gasteiger charge is 2.29. The Morgan fingerprint density at radius 1 is 1.00 bits per heavy atom. The van der Waals surface area contributed by atoms with Gasteiger partial charge in [-0.3, -0.25) is 9.59 Å². The molecule has 2 aromatic carbocycles. The summed E-state index contributed by atoms with van der Waals surface area (Å²) in [5, 5.41) is 6.25. The second kappa shape index (κ2) is 7.57. The van der Waals surface area contributed by atoms with Crippen molar-refractivity contribution >= 4 is 34.8 Å². The molecule has 0 heterocycles. The van der Waals surface area contributed by atoms with Gasteiger partial charge in [-0.15, -0.1) is 0 Å². The molecular weight excluding hydrogens is 340 g/mol. The van der Waals surface area contributed by atoms with Gasteiger partial charge in [-0.1, -0.05) is 11.6 Å². The predicted molar refractivity (Wildman–Crippen MR) is 98.0 cm³/mol. The maximum absolute atomic E-state index is 12.2. The average Bonchev–Trinajstić information content (AvgIpc) is 3.43. The molecule has 0 spiro atoms. The van der Waals surface area contributed by atoms with E-state index in [0.29, 0.717) is 16.5 Å². The molecule has 0 aliphatic heterocycles. The van der Waals surface area contributed by atoms with Gasteiger partial charge in [0.2, 0.25) is 5.91 Å². The van der Waals surface area contributed by atoms with E-state index in [-0.39, 0.29) is 17.7 Å². The summed E-state index contributed by atoms with van der Waals surface area (Å²) < 4.78 is 5.59. The molecule has 1 aliphatic rings. The number of halogens is 1. The van der Waals surface area contributed by atoms with E-state index in [9.17, 15) is 9.59 Å². The zero-order chi connectivity index (χ0) is 17.8. The molecule has 1 saturated carbocycles. The number of amides is 2. The van der Waals surface area contributed by atoms with Gasteiger partial charge in [-0.2, -0.15) is 0 Å². The van der Waals surface area contributed by atoms with E-state index in [1.54, 1.807) is 55.5 Å². The lowest BCUT2D eigenvalue weighted by atomic mass is 10.2. The largest absolute Gasteiger partial charge is 0.481 e. The lowest BCUT2D eigenvalue weighted by molar-refractivity contribution is -0.122. The topological polar surface area (TPSA) is 67.4 Å². The first kappa shape index (κ1) is 17.3. The van der Waals surface area contributed by atoms with E-state index >= 15 is 0 Å². The molecule has 0 aromatic heterocycles. The summed E-state index contributed by atoms with van der Waals surface area (Å²) in [6, 6.07) is 13.9. The van der Waals surface area contributed by atoms with E-state index < -0.39 is 6.10 Å². The Kier molecular flexibility index (Phi) is 5.24. The predicted octanol–water partition coefficient (Wildman–Crippen LogP) is 4.09. The fourth-order valence-corrected chi connectivity index (χ4v) is 2.37. The molecule has 2 N–H and O–H groups in total. The van der Waals surface area contributed by atoms with Crippen LogP contribution < -0.4 is 15.4 Å². The molecule has 1 atom stereocenters. The molecule has 2 amide bonds. The molecule has 130 valence electrons. The summed E-state index contributed by atoms with van der Waals surface area (Å²) in [5.41, 5.74) is 1.36. The number of carbonyl (C=O) groups is 2. The Balaban J connectivity index is 1.52. The van der Waals surface area contributed by atoms with Crippen LogP contribution in [0.15, 0.2) is 48.5 Å². The number of hydrogen-bond acceptors (Lipinski definition) is 3. The average molecular weight is 359 g/mol. The monoisotopic (exact) mass is 358 g/mol. The molecular formula is C19H19ClN2O3. The van der Waals surface area contributed by atoms with Crippen LogP contribution in [-0.2, 0) is 9.59 Å². The second-order valence-electron chi connectivity index (χ2n) is 6.04. The zero-order valence-corrected chi connectivity index (χ0v) is 14.5. The maximum Gasteiger partial charge on any atom is 0.265 e. The fourth-order valence-electron chi connectivity index (χ4n) is 2.24. The van der Waals surface area contributed by atoms with Crippen LogP contribution in [0.25, 0.3) is 0 Å². The number of rotatable bonds is 6. The Morgan fingerprint density at radius 2 is 1.56 bits per heavy atom. The van der Waals surface area contributed by atoms with Crippen LogP contribution in [0.4, 0.5) is 11.4 Å². The van der Waals surface area contributed by atoms with Crippen LogP contribution in [0, 0.1) is 5.92 Å². The summed E-state index contributed by atoms with van der Waals surface area (Å²) in [4.78, 5) is 23.9. The van der Waals surface area contributed by atoms with E-state index in [2.05, 4.69) is 10.6 Å². The van der Waals surface area contributed by atoms with Crippen molar-refractivity contribution in [2.45, 2.75) is 25.9 Å². The third kappa shape index (κ3) is 4.97. The number of carbonyl (C=O) groups excluding carboxylic acids is 2. The molecule has 1 aliphatic carbocycles. The summed E-state index contributed by atoms with van der Waals surface area (Å²) in [6.45, 7) is 1.67. The van der Waals surface area contributed by atoms with Gasteiger partial charge >= 0.3 is 0 Å². The van der Waals surface area contributed by atoms with E-state index in [1.165, 1.54) is 0 Å². The highest BCUT2D eigenvalue weighted by molar-refractivity contribution is 6.30. The summed E-state index contributed by atoms with van der Waals surface area (Å²) in [7, 11) is 0. The van der Waals surface area contributed by atoms with Crippen molar-refractivity contribution in [1.29, 1.82) is 0 Å². The van der Waals surface area contributed by atoms with Gasteiger partial charge in [-0.05, 0) is 68.3 Å². The standard InChI is InChI=1S/C19H19ClN2O3/c1-12(25-17-10-4-14(20)5-11-17)18(23)21-15-6-8-16(9-7-15)22-19(24)13-2-3-13/h4-13H,2-3H2,1H3,(H,21,23)(H,22,24)/t12-/m0/s1. The lowest BCUT2D eigenvalue weighted by Gasteiger charge is -2.15. The van der Waals surface area contributed by atoms with Gasteiger partial charge in [0.05, 0.1) is 0 Å². The highest BCUT2D eigenvalue weighted by atomic mass is 35.5. The van der Waals surface area contributed by atoms with Gasteiger partial charge in [0.1, 0.15) is 5.75 Å². The van der Waals surface area contributed by atoms with Crippen molar-refractivity contribution in [2.24, 2.45) is 5.92 Å². The first-order valence-electron chi connectivity index (χ1n) is 8.15. The Morgan fingerprint density at radius 3 is 2.12 bits per heavy atom. The van der Waals surface area contributed by atoms with Crippen molar-refractivity contribution < 1.29 is 14.3 Å². The molecule has 25 heavy (non-hydrogen) atoms. The van der Waals surface area contributed by atoms with Crippen LogP contribution in [0.5, 0.6) is 5.75 Å². The quantitative estimate of drug-likeness (QED) is 0.817. The maximum atomic E-state index is 12.2. The van der Waals surface area contributed by atoms with Crippen LogP contribution in [-0.4, -0.2) is 17.9 Å². The van der Waals surface area contributed by atoms with E-state index in [4.69, 9.17) is 16.3 Å². The first-order valence-corrected chi connectivity index (χ1v) is 8.53. The van der Waals surface area contributed by atoms with Gasteiger partial charge in [0.15, 0.2) is 6.10 Å². The van der Waals surface area contributed by atoms with Crippen molar-refractivity contribution in [2.75, 3.05) is 10.6 Å². The molecule has 2 aromatic rings. The SMILES string of the molecule is C[C@H](Oc1ccc(Cl)cc1)C(=O)Nc1ccc(NC(=O)C2CC2)cc1. The molecule has 1 fully saturated rings. The molecule has 3 rings (SSSR count). The Labute approximate surface area is 151 Å². The molecule has 5 nitrogen and oxygen atoms in total. The summed E-state index contributed by atoms with van der Waals surface area (Å²) in [5.74, 6) is 0.530. The number of nitrogens with one attached hydrogen (secondary N) is 2. The molecule has 6 heteroatoms. The lowest BCUT2D eigenvalue weighted by Crippen LogP contribution is -2.30. The number of hydrogen-bond donors (Lipinski definition) is 2. The van der Waals surface area contributed by atoms with Crippen LogP contribution in [0.3, 0.4) is 0 Å². The van der Waals surface area contributed by atoms with E-state index in [0.717, 1.165) is 18.5 Å². The van der Waals surface area contributed by atoms with Gasteiger partial charge in [0, 0.05) is 22.3 Å². The minimum atomic E-state index is -0.657. The highest BCUT2D eigenvalue weighted by Crippen LogP contribution is 2.30. The van der Waals surface area contributed by atoms with Crippen LogP contribution in [0.2, 0.25) is 5.02 Å². The zero-order valence-electron chi connectivity index (χ0n) is 13.8. The molecule has 0 radical (unpaired) electrons. The minimum Gasteiger partial charge on any atom is -0.481 e. The van der Waals surface area contributed by atoms with Crippen molar-refractivity contribution in [3.05, 3.63) is 53.6 Å². The summed E-state index contributed by atoms with van der Waals surface area (Å²) >= 11 is 5.82. The smallest absolute Gasteiger partial charge is 0.265 e. The molecule has 0 saturated heterocycles. The van der Waals surface area contributed by atoms with Gasteiger partial charge < -0.3 is 15.4 Å². The first-order chi connectivity index (χ1) is 12.0. The van der Waals surface area contributed by atoms with Crippen molar-refractivity contribution in [3.63, 3.8) is 0 Å². The number of ether oxygens (including phenoxy) is 1. The van der Waals surface area contributed by atoms with Crippen LogP contribution in [0.1, 0.15) is 19.8 Å². The summed E-state index contributed by atoms with van der Waals surface area (Å²) in [6.07, 6.45) is 1.27. The minimum absolute atomic E-state index is 0.0572. The van der Waals surface area contributed by atoms with Crippen LogP contribution >= 0.6 is 11.6 Å². The molecule has 0 unspecified atom stereocenters. The van der Waals surface area contributed by atoms with Gasteiger partial charge in [0.25, 0.3) is 5.91 Å². The second-order valence-corrected chi connectivity index (χ2v) is 6.48.